The van der Waals surface area contributed by atoms with Gasteiger partial charge in [0.05, 0.1) is 12.7 Å². The summed E-state index contributed by atoms with van der Waals surface area (Å²) in [5.74, 6) is -0.652. The minimum absolute atomic E-state index is 0.183. The fraction of sp³-hybridized carbons (Fsp3) is 0.278. The maximum absolute atomic E-state index is 12.8. The maximum Gasteiger partial charge on any atom is 0.340 e. The van der Waals surface area contributed by atoms with E-state index in [4.69, 9.17) is 9.15 Å². The standard InChI is InChI=1S/C18H17N3O4S/c1-24-17(23)11-8-10-26-16(11)20-15(22)13-6-4-9-21(13)18-19-12-5-2-3-7-14(12)25-18/h2-3,5,7-8,10,13H,4,6,9H2,1H3,(H,20,22)/t13-/m0/s1. The normalized spacial score (nSPS) is 16.8. The van der Waals surface area contributed by atoms with Crippen LogP contribution < -0.4 is 10.2 Å². The van der Waals surface area contributed by atoms with Gasteiger partial charge < -0.3 is 19.4 Å². The third kappa shape index (κ3) is 2.92. The van der Waals surface area contributed by atoms with E-state index in [-0.39, 0.29) is 5.91 Å². The molecule has 1 aliphatic heterocycles. The zero-order valence-electron chi connectivity index (χ0n) is 14.1. The lowest BCUT2D eigenvalue weighted by atomic mass is 10.2. The van der Waals surface area contributed by atoms with Crippen molar-refractivity contribution in [2.75, 3.05) is 23.9 Å². The van der Waals surface area contributed by atoms with E-state index in [9.17, 15) is 9.59 Å². The Kier molecular flexibility index (Phi) is 4.34. The highest BCUT2D eigenvalue weighted by Crippen LogP contribution is 2.30. The van der Waals surface area contributed by atoms with E-state index in [1.807, 2.05) is 29.2 Å². The van der Waals surface area contributed by atoms with E-state index >= 15 is 0 Å². The van der Waals surface area contributed by atoms with Crippen LogP contribution >= 0.6 is 11.3 Å². The van der Waals surface area contributed by atoms with Crippen LogP contribution in [0, 0.1) is 0 Å². The van der Waals surface area contributed by atoms with Gasteiger partial charge in [0.2, 0.25) is 5.91 Å². The molecule has 4 rings (SSSR count). The van der Waals surface area contributed by atoms with Gasteiger partial charge in [0.1, 0.15) is 16.6 Å². The number of aromatic nitrogens is 1. The van der Waals surface area contributed by atoms with Gasteiger partial charge in [-0.25, -0.2) is 4.79 Å². The third-order valence-corrected chi connectivity index (χ3v) is 5.22. The van der Waals surface area contributed by atoms with Gasteiger partial charge in [-0.15, -0.1) is 11.3 Å². The minimum atomic E-state index is -0.469. The molecule has 0 radical (unpaired) electrons. The van der Waals surface area contributed by atoms with Crippen molar-refractivity contribution < 1.29 is 18.7 Å². The number of nitrogens with one attached hydrogen (secondary N) is 1. The molecule has 0 unspecified atom stereocenters. The van der Waals surface area contributed by atoms with Crippen LogP contribution in [0.1, 0.15) is 23.2 Å². The van der Waals surface area contributed by atoms with Gasteiger partial charge in [-0.2, -0.15) is 4.98 Å². The predicted octanol–water partition coefficient (Wildman–Crippen LogP) is 3.28. The number of oxazole rings is 1. The lowest BCUT2D eigenvalue weighted by molar-refractivity contribution is -0.117. The number of fused-ring (bicyclic) bond motifs is 1. The lowest BCUT2D eigenvalue weighted by Crippen LogP contribution is -2.40. The Morgan fingerprint density at radius 1 is 1.35 bits per heavy atom. The number of carbonyl (C=O) groups is 2. The first-order valence-corrected chi connectivity index (χ1v) is 9.14. The van der Waals surface area contributed by atoms with Crippen LogP contribution in [0.25, 0.3) is 11.1 Å². The Balaban J connectivity index is 1.55. The van der Waals surface area contributed by atoms with Gasteiger partial charge in [0.15, 0.2) is 5.58 Å². The molecule has 1 aliphatic rings. The first-order chi connectivity index (χ1) is 12.7. The Hall–Kier alpha value is -2.87. The van der Waals surface area contributed by atoms with Crippen LogP contribution in [-0.4, -0.2) is 36.6 Å². The van der Waals surface area contributed by atoms with Crippen LogP contribution in [0.3, 0.4) is 0 Å². The van der Waals surface area contributed by atoms with E-state index in [0.717, 1.165) is 11.9 Å². The molecule has 26 heavy (non-hydrogen) atoms. The second-order valence-corrected chi connectivity index (χ2v) is 6.88. The molecule has 2 aromatic heterocycles. The number of amides is 1. The zero-order valence-corrected chi connectivity index (χ0v) is 14.9. The summed E-state index contributed by atoms with van der Waals surface area (Å²) in [6.45, 7) is 0.694. The monoisotopic (exact) mass is 371 g/mol. The average Bonchev–Trinajstić information content (AvgIpc) is 3.38. The van der Waals surface area contributed by atoms with Crippen molar-refractivity contribution in [1.82, 2.24) is 4.98 Å². The van der Waals surface area contributed by atoms with Gasteiger partial charge in [0, 0.05) is 6.54 Å². The van der Waals surface area contributed by atoms with Crippen molar-refractivity contribution in [2.45, 2.75) is 18.9 Å². The molecule has 1 amide bonds. The summed E-state index contributed by atoms with van der Waals surface area (Å²) in [6, 6.07) is 9.20. The summed E-state index contributed by atoms with van der Waals surface area (Å²) in [5.41, 5.74) is 1.82. The number of methoxy groups -OCH3 is 1. The Bertz CT molecular complexity index is 931. The smallest absolute Gasteiger partial charge is 0.340 e. The quantitative estimate of drug-likeness (QED) is 0.709. The molecule has 134 valence electrons. The van der Waals surface area contributed by atoms with Crippen molar-refractivity contribution in [2.24, 2.45) is 0 Å². The highest BCUT2D eigenvalue weighted by molar-refractivity contribution is 7.14. The number of hydrogen-bond donors (Lipinski definition) is 1. The summed E-state index contributed by atoms with van der Waals surface area (Å²) in [6.07, 6.45) is 1.56. The van der Waals surface area contributed by atoms with Gasteiger partial charge in [0.25, 0.3) is 6.01 Å². The first kappa shape index (κ1) is 16.6. The lowest BCUT2D eigenvalue weighted by Gasteiger charge is -2.21. The van der Waals surface area contributed by atoms with Gasteiger partial charge >= 0.3 is 5.97 Å². The van der Waals surface area contributed by atoms with Crippen molar-refractivity contribution in [1.29, 1.82) is 0 Å². The van der Waals surface area contributed by atoms with E-state index < -0.39 is 12.0 Å². The van der Waals surface area contributed by atoms with Gasteiger partial charge in [-0.05, 0) is 36.4 Å². The van der Waals surface area contributed by atoms with E-state index in [0.29, 0.717) is 35.1 Å². The number of carbonyl (C=O) groups excluding carboxylic acids is 2. The number of nitrogens with zero attached hydrogens (tertiary/aromatic N) is 2. The number of hydrogen-bond acceptors (Lipinski definition) is 7. The summed E-state index contributed by atoms with van der Waals surface area (Å²) >= 11 is 1.29. The van der Waals surface area contributed by atoms with Crippen LogP contribution in [0.5, 0.6) is 0 Å². The summed E-state index contributed by atoms with van der Waals surface area (Å²) in [7, 11) is 1.32. The molecule has 1 atom stereocenters. The molecule has 3 heterocycles. The fourth-order valence-corrected chi connectivity index (χ4v) is 3.90. The molecule has 3 aromatic rings. The molecule has 7 nitrogen and oxygen atoms in total. The number of rotatable bonds is 4. The SMILES string of the molecule is COC(=O)c1ccsc1NC(=O)[C@@H]1CCCN1c1nc2ccccc2o1. The molecule has 1 saturated heterocycles. The van der Waals surface area contributed by atoms with Crippen LogP contribution in [0.2, 0.25) is 0 Å². The molecule has 0 bridgehead atoms. The van der Waals surface area contributed by atoms with Crippen molar-refractivity contribution in [3.63, 3.8) is 0 Å². The van der Waals surface area contributed by atoms with Crippen molar-refractivity contribution in [3.05, 3.63) is 41.3 Å². The third-order valence-electron chi connectivity index (χ3n) is 4.39. The van der Waals surface area contributed by atoms with E-state index in [1.165, 1.54) is 18.4 Å². The number of thiophene rings is 1. The predicted molar refractivity (Wildman–Crippen MR) is 98.7 cm³/mol. The number of para-hydroxylation sites is 2. The second kappa shape index (κ2) is 6.80. The highest BCUT2D eigenvalue weighted by Gasteiger charge is 2.34. The Morgan fingerprint density at radius 2 is 2.19 bits per heavy atom. The molecular formula is C18H17N3O4S. The largest absolute Gasteiger partial charge is 0.465 e. The molecule has 1 aromatic carbocycles. The van der Waals surface area contributed by atoms with E-state index in [2.05, 4.69) is 10.3 Å². The summed E-state index contributed by atoms with van der Waals surface area (Å²) < 4.78 is 10.6. The number of ether oxygens (including phenoxy) is 1. The second-order valence-electron chi connectivity index (χ2n) is 5.96. The maximum atomic E-state index is 12.8. The van der Waals surface area contributed by atoms with Gasteiger partial charge in [-0.1, -0.05) is 12.1 Å². The minimum Gasteiger partial charge on any atom is -0.465 e. The van der Waals surface area contributed by atoms with Crippen molar-refractivity contribution in [3.8, 4) is 0 Å². The number of benzene rings is 1. The van der Waals surface area contributed by atoms with Gasteiger partial charge in [-0.3, -0.25) is 4.79 Å². The zero-order chi connectivity index (χ0) is 18.1. The van der Waals surface area contributed by atoms with Crippen molar-refractivity contribution >= 4 is 45.3 Å². The molecule has 1 fully saturated rings. The van der Waals surface area contributed by atoms with Crippen LogP contribution in [0.4, 0.5) is 11.0 Å². The molecule has 0 spiro atoms. The molecule has 1 N–H and O–H groups in total. The summed E-state index contributed by atoms with van der Waals surface area (Å²) in [4.78, 5) is 31.0. The topological polar surface area (TPSA) is 84.7 Å². The number of anilines is 2. The first-order valence-electron chi connectivity index (χ1n) is 8.26. The van der Waals surface area contributed by atoms with Crippen LogP contribution in [-0.2, 0) is 9.53 Å². The Labute approximate surface area is 153 Å². The highest BCUT2D eigenvalue weighted by atomic mass is 32.1. The average molecular weight is 371 g/mol. The molecule has 0 aliphatic carbocycles. The van der Waals surface area contributed by atoms with E-state index in [1.54, 1.807) is 11.4 Å². The molecule has 8 heteroatoms. The number of esters is 1. The van der Waals surface area contributed by atoms with Crippen LogP contribution in [0.15, 0.2) is 40.1 Å². The molecule has 0 saturated carbocycles. The summed E-state index contributed by atoms with van der Waals surface area (Å²) in [5, 5.41) is 5.09. The fourth-order valence-electron chi connectivity index (χ4n) is 3.12. The Morgan fingerprint density at radius 3 is 3.00 bits per heavy atom. The molecular weight excluding hydrogens is 354 g/mol.